The van der Waals surface area contributed by atoms with Gasteiger partial charge in [0.05, 0.1) is 23.5 Å². The third-order valence-corrected chi connectivity index (χ3v) is 7.31. The first-order valence-corrected chi connectivity index (χ1v) is 12.1. The lowest BCUT2D eigenvalue weighted by molar-refractivity contribution is -0.134. The van der Waals surface area contributed by atoms with Crippen LogP contribution in [0.1, 0.15) is 40.5 Å². The Labute approximate surface area is 194 Å². The van der Waals surface area contributed by atoms with E-state index in [-0.39, 0.29) is 30.7 Å². The van der Waals surface area contributed by atoms with Gasteiger partial charge in [-0.3, -0.25) is 9.59 Å². The molecule has 2 aromatic heterocycles. The van der Waals surface area contributed by atoms with E-state index in [1.54, 1.807) is 17.4 Å². The minimum atomic E-state index is -0.195. The van der Waals surface area contributed by atoms with Gasteiger partial charge >= 0.3 is 0 Å². The van der Waals surface area contributed by atoms with Gasteiger partial charge in [-0.05, 0) is 48.1 Å². The molecule has 4 aromatic rings. The molecule has 1 atom stereocenters. The lowest BCUT2D eigenvalue weighted by Gasteiger charge is -2.36. The van der Waals surface area contributed by atoms with Crippen LogP contribution in [0.25, 0.3) is 11.0 Å². The molecule has 0 saturated heterocycles. The Morgan fingerprint density at radius 3 is 2.88 bits per heavy atom. The summed E-state index contributed by atoms with van der Waals surface area (Å²) in [5.74, 6) is -0.198. The molecule has 0 bridgehead atoms. The van der Waals surface area contributed by atoms with Crippen LogP contribution in [-0.4, -0.2) is 32.0 Å². The van der Waals surface area contributed by atoms with Crippen LogP contribution in [0.3, 0.4) is 0 Å². The van der Waals surface area contributed by atoms with E-state index in [1.807, 2.05) is 23.1 Å². The Kier molecular flexibility index (Phi) is 5.71. The van der Waals surface area contributed by atoms with Crippen molar-refractivity contribution in [1.82, 2.24) is 13.6 Å². The van der Waals surface area contributed by atoms with Crippen LogP contribution in [0, 0.1) is 6.92 Å². The van der Waals surface area contributed by atoms with E-state index in [0.717, 1.165) is 29.2 Å². The summed E-state index contributed by atoms with van der Waals surface area (Å²) in [6, 6.07) is 15.9. The number of thiophene rings is 1. The quantitative estimate of drug-likeness (QED) is 0.455. The maximum Gasteiger partial charge on any atom is 0.224 e. The van der Waals surface area contributed by atoms with Crippen LogP contribution in [0.15, 0.2) is 53.9 Å². The monoisotopic (exact) mass is 462 g/mol. The minimum absolute atomic E-state index is 0.00274. The molecule has 2 aromatic carbocycles. The number of benzene rings is 2. The Balaban J connectivity index is 1.31. The number of anilines is 1. The number of rotatable bonds is 5. The van der Waals surface area contributed by atoms with Gasteiger partial charge in [0.15, 0.2) is 0 Å². The molecule has 0 saturated carbocycles. The smallest absolute Gasteiger partial charge is 0.224 e. The van der Waals surface area contributed by atoms with Gasteiger partial charge in [-0.15, -0.1) is 11.3 Å². The fourth-order valence-electron chi connectivity index (χ4n) is 4.27. The first kappa shape index (κ1) is 20.8. The molecule has 3 heterocycles. The summed E-state index contributed by atoms with van der Waals surface area (Å²) in [7, 11) is 0. The van der Waals surface area contributed by atoms with Crippen molar-refractivity contribution >= 4 is 51.6 Å². The van der Waals surface area contributed by atoms with E-state index >= 15 is 0 Å². The van der Waals surface area contributed by atoms with Crippen LogP contribution in [0.4, 0.5) is 5.69 Å². The number of amides is 2. The molecular formula is C24H22N4O2S2. The number of carbonyl (C=O) groups excluding carboxylic acids is 2. The Bertz CT molecular complexity index is 1300. The second kappa shape index (κ2) is 8.80. The topological polar surface area (TPSA) is 75.2 Å². The summed E-state index contributed by atoms with van der Waals surface area (Å²) in [6.07, 6.45) is 1.14. The van der Waals surface area contributed by atoms with Crippen LogP contribution < -0.4 is 5.32 Å². The summed E-state index contributed by atoms with van der Waals surface area (Å²) < 4.78 is 8.45. The van der Waals surface area contributed by atoms with Gasteiger partial charge in [0.2, 0.25) is 11.8 Å². The molecule has 6 nitrogen and oxygen atoms in total. The Morgan fingerprint density at radius 1 is 1.12 bits per heavy atom. The molecule has 0 aliphatic carbocycles. The number of hydrogen-bond donors (Lipinski definition) is 1. The summed E-state index contributed by atoms with van der Waals surface area (Å²) in [5, 5.41) is 4.99. The molecular weight excluding hydrogens is 440 g/mol. The summed E-state index contributed by atoms with van der Waals surface area (Å²) in [5.41, 5.74) is 5.55. The zero-order valence-electron chi connectivity index (χ0n) is 17.6. The highest BCUT2D eigenvalue weighted by Gasteiger charge is 2.32. The highest BCUT2D eigenvalue weighted by Crippen LogP contribution is 2.38. The number of aromatic nitrogens is 2. The maximum atomic E-state index is 13.3. The minimum Gasteiger partial charge on any atom is -0.331 e. The van der Waals surface area contributed by atoms with Crippen LogP contribution in [0.2, 0.25) is 0 Å². The number of fused-ring (bicyclic) bond motifs is 2. The molecule has 0 spiro atoms. The van der Waals surface area contributed by atoms with Gasteiger partial charge in [0.25, 0.3) is 0 Å². The number of nitrogens with one attached hydrogen (secondary N) is 1. The molecule has 2 amide bonds. The number of carbonyl (C=O) groups is 2. The number of hydrogen-bond acceptors (Lipinski definition) is 6. The first-order valence-electron chi connectivity index (χ1n) is 10.5. The third-order valence-electron chi connectivity index (χ3n) is 5.77. The van der Waals surface area contributed by atoms with Crippen molar-refractivity contribution in [3.63, 3.8) is 0 Å². The summed E-state index contributed by atoms with van der Waals surface area (Å²) >= 11 is 2.86. The van der Waals surface area contributed by atoms with E-state index < -0.39 is 0 Å². The molecule has 32 heavy (non-hydrogen) atoms. The average molecular weight is 463 g/mol. The van der Waals surface area contributed by atoms with Crippen LogP contribution in [0.5, 0.6) is 0 Å². The fourth-order valence-corrected chi connectivity index (χ4v) is 5.72. The van der Waals surface area contributed by atoms with E-state index in [2.05, 4.69) is 50.6 Å². The Morgan fingerprint density at radius 2 is 2.00 bits per heavy atom. The van der Waals surface area contributed by atoms with Gasteiger partial charge in [0.1, 0.15) is 11.0 Å². The zero-order chi connectivity index (χ0) is 22.1. The normalized spacial score (nSPS) is 15.5. The van der Waals surface area contributed by atoms with Crippen LogP contribution in [-0.2, 0) is 16.0 Å². The molecule has 1 unspecified atom stereocenters. The van der Waals surface area contributed by atoms with Crippen molar-refractivity contribution in [2.75, 3.05) is 11.9 Å². The molecule has 8 heteroatoms. The van der Waals surface area contributed by atoms with E-state index in [0.29, 0.717) is 17.7 Å². The molecule has 1 N–H and O–H groups in total. The SMILES string of the molecule is Cc1cccc(C2c3ccsc3CCN2C(=O)CCC(=O)Nc2cccc3nsnc23)c1. The molecule has 0 radical (unpaired) electrons. The van der Waals surface area contributed by atoms with Crippen molar-refractivity contribution in [2.45, 2.75) is 32.2 Å². The fraction of sp³-hybridized carbons (Fsp3) is 0.250. The van der Waals surface area contributed by atoms with Gasteiger partial charge in [-0.1, -0.05) is 35.9 Å². The van der Waals surface area contributed by atoms with Crippen molar-refractivity contribution in [2.24, 2.45) is 0 Å². The number of aryl methyl sites for hydroxylation is 1. The summed E-state index contributed by atoms with van der Waals surface area (Å²) in [6.45, 7) is 2.73. The highest BCUT2D eigenvalue weighted by atomic mass is 32.1. The van der Waals surface area contributed by atoms with Crippen molar-refractivity contribution in [3.05, 3.63) is 75.5 Å². The van der Waals surface area contributed by atoms with Crippen molar-refractivity contribution in [1.29, 1.82) is 0 Å². The largest absolute Gasteiger partial charge is 0.331 e. The molecule has 5 rings (SSSR count). The average Bonchev–Trinajstić information content (AvgIpc) is 3.46. The zero-order valence-corrected chi connectivity index (χ0v) is 19.2. The second-order valence-corrected chi connectivity index (χ2v) is 9.47. The lowest BCUT2D eigenvalue weighted by atomic mass is 9.92. The van der Waals surface area contributed by atoms with Crippen molar-refractivity contribution < 1.29 is 9.59 Å². The first-order chi connectivity index (χ1) is 15.6. The molecule has 162 valence electrons. The van der Waals surface area contributed by atoms with E-state index in [1.165, 1.54) is 16.0 Å². The molecule has 1 aliphatic heterocycles. The molecule has 0 fully saturated rings. The van der Waals surface area contributed by atoms with Gasteiger partial charge < -0.3 is 10.2 Å². The van der Waals surface area contributed by atoms with E-state index in [4.69, 9.17) is 0 Å². The second-order valence-electron chi connectivity index (χ2n) is 7.94. The van der Waals surface area contributed by atoms with Crippen LogP contribution >= 0.6 is 23.1 Å². The Hall–Kier alpha value is -3.10. The molecule has 1 aliphatic rings. The van der Waals surface area contributed by atoms with Gasteiger partial charge in [-0.2, -0.15) is 8.75 Å². The predicted molar refractivity (Wildman–Crippen MR) is 128 cm³/mol. The van der Waals surface area contributed by atoms with Crippen molar-refractivity contribution in [3.8, 4) is 0 Å². The highest BCUT2D eigenvalue weighted by molar-refractivity contribution is 7.10. The lowest BCUT2D eigenvalue weighted by Crippen LogP contribution is -2.40. The standard InChI is InChI=1S/C24H22N4O2S2/c1-15-4-2-5-16(14-15)24-17-11-13-31-20(17)10-12-28(24)22(30)9-8-21(29)25-18-6-3-7-19-23(18)27-32-26-19/h2-7,11,13-14,24H,8-10,12H2,1H3,(H,25,29). The predicted octanol–water partition coefficient (Wildman–Crippen LogP) is 4.95. The van der Waals surface area contributed by atoms with Gasteiger partial charge in [-0.25, -0.2) is 0 Å². The van der Waals surface area contributed by atoms with Gasteiger partial charge in [0, 0.05) is 24.3 Å². The maximum absolute atomic E-state index is 13.3. The summed E-state index contributed by atoms with van der Waals surface area (Å²) in [4.78, 5) is 29.1. The third kappa shape index (κ3) is 4.03. The number of nitrogens with zero attached hydrogens (tertiary/aromatic N) is 3. The van der Waals surface area contributed by atoms with E-state index in [9.17, 15) is 9.59 Å².